The van der Waals surface area contributed by atoms with Crippen molar-refractivity contribution in [2.24, 2.45) is 0 Å². The molecule has 0 aliphatic carbocycles. The van der Waals surface area contributed by atoms with Crippen molar-refractivity contribution in [1.82, 2.24) is 9.80 Å². The highest BCUT2D eigenvalue weighted by atomic mass is 16.6. The summed E-state index contributed by atoms with van der Waals surface area (Å²) in [6.07, 6.45) is 2.93. The lowest BCUT2D eigenvalue weighted by molar-refractivity contribution is -0.120. The van der Waals surface area contributed by atoms with Gasteiger partial charge in [0.2, 0.25) is 11.8 Å². The molecule has 0 unspecified atom stereocenters. The SMILES string of the molecule is CO[C@@H]1C[C@@H](C(=O)Nc2ccc(/C=C/c3ccc(NC(=O)[C@@H]4C[C@H](OC)CN4C(=O)OCc4ccccc4)cc3)cc2)N(C(=O)OCc2ccccc2)C1. The van der Waals surface area contributed by atoms with Gasteiger partial charge in [-0.05, 0) is 46.5 Å². The molecule has 0 saturated carbocycles. The lowest BCUT2D eigenvalue weighted by Crippen LogP contribution is -2.43. The van der Waals surface area contributed by atoms with Gasteiger partial charge in [0.1, 0.15) is 25.3 Å². The second-order valence-corrected chi connectivity index (χ2v) is 13.2. The van der Waals surface area contributed by atoms with Crippen molar-refractivity contribution in [2.75, 3.05) is 37.9 Å². The number of ether oxygens (including phenoxy) is 4. The number of methoxy groups -OCH3 is 2. The van der Waals surface area contributed by atoms with E-state index in [1.807, 2.05) is 97.1 Å². The number of likely N-dealkylation sites (tertiary alicyclic amines) is 2. The molecule has 2 heterocycles. The van der Waals surface area contributed by atoms with Crippen molar-refractivity contribution < 1.29 is 38.1 Å². The maximum Gasteiger partial charge on any atom is 0.410 e. The summed E-state index contributed by atoms with van der Waals surface area (Å²) in [7, 11) is 3.13. The van der Waals surface area contributed by atoms with E-state index in [2.05, 4.69) is 10.6 Å². The van der Waals surface area contributed by atoms with Crippen LogP contribution in [0, 0.1) is 0 Å². The van der Waals surface area contributed by atoms with Crippen molar-refractivity contribution in [3.05, 3.63) is 131 Å². The Kier molecular flexibility index (Phi) is 12.7. The number of benzene rings is 4. The maximum absolute atomic E-state index is 13.3. The van der Waals surface area contributed by atoms with Crippen LogP contribution >= 0.6 is 0 Å². The topological polar surface area (TPSA) is 136 Å². The number of anilines is 2. The van der Waals surface area contributed by atoms with Crippen LogP contribution in [0.1, 0.15) is 35.1 Å². The Morgan fingerprint density at radius 2 is 0.944 bits per heavy atom. The van der Waals surface area contributed by atoms with E-state index in [0.29, 0.717) is 24.2 Å². The van der Waals surface area contributed by atoms with E-state index in [-0.39, 0.29) is 50.3 Å². The summed E-state index contributed by atoms with van der Waals surface area (Å²) < 4.78 is 21.9. The first kappa shape index (κ1) is 37.8. The van der Waals surface area contributed by atoms with Gasteiger partial charge in [-0.1, -0.05) is 97.1 Å². The molecule has 4 aromatic rings. The summed E-state index contributed by atoms with van der Waals surface area (Å²) in [6, 6.07) is 32.0. The third-order valence-corrected chi connectivity index (χ3v) is 9.50. The molecule has 12 heteroatoms. The number of amides is 4. The van der Waals surface area contributed by atoms with Crippen LogP contribution in [0.3, 0.4) is 0 Å². The van der Waals surface area contributed by atoms with Crippen molar-refractivity contribution >= 4 is 47.5 Å². The minimum absolute atomic E-state index is 0.113. The van der Waals surface area contributed by atoms with Gasteiger partial charge in [0.25, 0.3) is 0 Å². The van der Waals surface area contributed by atoms with Gasteiger partial charge in [0, 0.05) is 38.4 Å². The fourth-order valence-corrected chi connectivity index (χ4v) is 6.44. The lowest BCUT2D eigenvalue weighted by Gasteiger charge is -2.23. The molecule has 0 spiro atoms. The Hall–Kier alpha value is -5.98. The predicted octanol–water partition coefficient (Wildman–Crippen LogP) is 6.59. The van der Waals surface area contributed by atoms with Gasteiger partial charge in [-0.3, -0.25) is 19.4 Å². The number of hydrogen-bond donors (Lipinski definition) is 2. The Balaban J connectivity index is 0.996. The molecule has 0 radical (unpaired) electrons. The Bertz CT molecular complexity index is 1770. The van der Waals surface area contributed by atoms with E-state index < -0.39 is 24.3 Å². The molecule has 2 N–H and O–H groups in total. The predicted molar refractivity (Wildman–Crippen MR) is 204 cm³/mol. The quantitative estimate of drug-likeness (QED) is 0.156. The molecule has 54 heavy (non-hydrogen) atoms. The summed E-state index contributed by atoms with van der Waals surface area (Å²) in [4.78, 5) is 55.3. The van der Waals surface area contributed by atoms with Crippen LogP contribution < -0.4 is 10.6 Å². The van der Waals surface area contributed by atoms with Crippen molar-refractivity contribution in [3.63, 3.8) is 0 Å². The normalized spacial score (nSPS) is 19.4. The molecule has 2 aliphatic heterocycles. The summed E-state index contributed by atoms with van der Waals surface area (Å²) in [5, 5.41) is 5.84. The zero-order valence-corrected chi connectivity index (χ0v) is 30.3. The zero-order chi connectivity index (χ0) is 37.9. The minimum Gasteiger partial charge on any atom is -0.445 e. The van der Waals surface area contributed by atoms with Gasteiger partial charge in [0.05, 0.1) is 25.3 Å². The molecular formula is C42H44N4O8. The zero-order valence-electron chi connectivity index (χ0n) is 30.3. The van der Waals surface area contributed by atoms with Crippen LogP contribution in [0.2, 0.25) is 0 Å². The maximum atomic E-state index is 13.3. The number of hydrogen-bond acceptors (Lipinski definition) is 8. The molecule has 280 valence electrons. The fourth-order valence-electron chi connectivity index (χ4n) is 6.44. The monoisotopic (exact) mass is 732 g/mol. The number of nitrogens with zero attached hydrogens (tertiary/aromatic N) is 2. The first-order chi connectivity index (χ1) is 26.3. The second kappa shape index (κ2) is 18.2. The molecule has 12 nitrogen and oxygen atoms in total. The second-order valence-electron chi connectivity index (χ2n) is 13.2. The van der Waals surface area contributed by atoms with Gasteiger partial charge in [-0.15, -0.1) is 0 Å². The third kappa shape index (κ3) is 9.91. The number of nitrogens with one attached hydrogen (secondary N) is 2. The summed E-state index contributed by atoms with van der Waals surface area (Å²) in [6.45, 7) is 0.753. The number of carbonyl (C=O) groups excluding carboxylic acids is 4. The van der Waals surface area contributed by atoms with E-state index in [4.69, 9.17) is 18.9 Å². The molecule has 4 atom stereocenters. The van der Waals surface area contributed by atoms with Crippen LogP contribution in [-0.2, 0) is 41.8 Å². The Morgan fingerprint density at radius 3 is 1.30 bits per heavy atom. The Labute approximate surface area is 314 Å². The first-order valence-corrected chi connectivity index (χ1v) is 17.8. The highest BCUT2D eigenvalue weighted by molar-refractivity contribution is 5.98. The van der Waals surface area contributed by atoms with Crippen LogP contribution in [0.15, 0.2) is 109 Å². The van der Waals surface area contributed by atoms with Gasteiger partial charge in [-0.25, -0.2) is 9.59 Å². The molecule has 2 fully saturated rings. The molecular weight excluding hydrogens is 688 g/mol. The van der Waals surface area contributed by atoms with E-state index in [1.165, 1.54) is 9.80 Å². The smallest absolute Gasteiger partial charge is 0.410 e. The lowest BCUT2D eigenvalue weighted by atomic mass is 10.1. The van der Waals surface area contributed by atoms with Crippen LogP contribution in [0.4, 0.5) is 21.0 Å². The van der Waals surface area contributed by atoms with E-state index in [0.717, 1.165) is 22.3 Å². The first-order valence-electron chi connectivity index (χ1n) is 17.8. The summed E-state index contributed by atoms with van der Waals surface area (Å²) in [5.41, 5.74) is 4.72. The van der Waals surface area contributed by atoms with E-state index in [9.17, 15) is 19.2 Å². The van der Waals surface area contributed by atoms with Gasteiger partial charge in [0.15, 0.2) is 0 Å². The molecule has 4 aromatic carbocycles. The highest BCUT2D eigenvalue weighted by Crippen LogP contribution is 2.25. The van der Waals surface area contributed by atoms with Crippen LogP contribution in [-0.4, -0.2) is 85.4 Å². The molecule has 6 rings (SSSR count). The van der Waals surface area contributed by atoms with E-state index in [1.54, 1.807) is 38.5 Å². The van der Waals surface area contributed by atoms with Crippen LogP contribution in [0.5, 0.6) is 0 Å². The average molecular weight is 733 g/mol. The molecule has 0 aromatic heterocycles. The average Bonchev–Trinajstić information content (AvgIpc) is 3.86. The van der Waals surface area contributed by atoms with Gasteiger partial charge < -0.3 is 29.6 Å². The summed E-state index contributed by atoms with van der Waals surface area (Å²) >= 11 is 0. The molecule has 4 amide bonds. The van der Waals surface area contributed by atoms with Crippen LogP contribution in [0.25, 0.3) is 12.2 Å². The van der Waals surface area contributed by atoms with Crippen molar-refractivity contribution in [2.45, 2.75) is 50.3 Å². The van der Waals surface area contributed by atoms with Gasteiger partial charge in [-0.2, -0.15) is 0 Å². The Morgan fingerprint density at radius 1 is 0.574 bits per heavy atom. The fraction of sp³-hybridized carbons (Fsp3) is 0.286. The molecule has 2 saturated heterocycles. The highest BCUT2D eigenvalue weighted by Gasteiger charge is 2.42. The summed E-state index contributed by atoms with van der Waals surface area (Å²) in [5.74, 6) is -0.632. The number of carbonyl (C=O) groups is 4. The third-order valence-electron chi connectivity index (χ3n) is 9.50. The largest absolute Gasteiger partial charge is 0.445 e. The molecule has 2 aliphatic rings. The molecule has 0 bridgehead atoms. The van der Waals surface area contributed by atoms with Crippen molar-refractivity contribution in [1.29, 1.82) is 0 Å². The number of rotatable bonds is 12. The van der Waals surface area contributed by atoms with Crippen molar-refractivity contribution in [3.8, 4) is 0 Å². The van der Waals surface area contributed by atoms with Gasteiger partial charge >= 0.3 is 12.2 Å². The standard InChI is InChI=1S/C42H44N4O8/c1-51-35-23-37(45(25-35)41(49)53-27-31-9-5-3-6-10-31)39(47)43-33-19-15-29(16-20-33)13-14-30-17-21-34(22-18-30)44-40(48)38-24-36(52-2)26-46(38)42(50)54-28-32-11-7-4-8-12-32/h3-22,35-38H,23-28H2,1-2H3,(H,43,47)(H,44,48)/b14-13+/t35-,36+,37-,38-/m0/s1. The van der Waals surface area contributed by atoms with E-state index >= 15 is 0 Å². The minimum atomic E-state index is -0.730.